The minimum Gasteiger partial charge on any atom is -0.493 e. The Balaban J connectivity index is 2.92. The second-order valence-corrected chi connectivity index (χ2v) is 4.21. The van der Waals surface area contributed by atoms with Crippen LogP contribution >= 0.6 is 0 Å². The molecule has 1 unspecified atom stereocenters. The summed E-state index contributed by atoms with van der Waals surface area (Å²) >= 11 is 0. The average Bonchev–Trinajstić information content (AvgIpc) is 2.44. The number of hydrogen-bond acceptors (Lipinski definition) is 5. The van der Waals surface area contributed by atoms with Crippen molar-refractivity contribution in [2.24, 2.45) is 0 Å². The summed E-state index contributed by atoms with van der Waals surface area (Å²) in [5.74, 6) is -1.12. The number of methoxy groups -OCH3 is 1. The predicted octanol–water partition coefficient (Wildman–Crippen LogP) is 1.28. The smallest absolute Gasteiger partial charge is 0.325 e. The topological polar surface area (TPSA) is 105 Å². The van der Waals surface area contributed by atoms with Gasteiger partial charge in [0.15, 0.2) is 11.5 Å². The van der Waals surface area contributed by atoms with E-state index in [1.54, 1.807) is 18.2 Å². The summed E-state index contributed by atoms with van der Waals surface area (Å²) in [6.07, 6.45) is -0.155. The largest absolute Gasteiger partial charge is 0.493 e. The van der Waals surface area contributed by atoms with Crippen LogP contribution in [0.1, 0.15) is 24.9 Å². The molecule has 7 heteroatoms. The molecule has 0 bridgehead atoms. The highest BCUT2D eigenvalue weighted by atomic mass is 16.5. The molecule has 0 saturated carbocycles. The van der Waals surface area contributed by atoms with E-state index in [1.807, 2.05) is 6.92 Å². The number of nitrogens with one attached hydrogen (secondary N) is 1. The molecule has 0 aliphatic rings. The molecule has 0 aliphatic carbocycles. The monoisotopic (exact) mass is 297 g/mol. The van der Waals surface area contributed by atoms with E-state index in [2.05, 4.69) is 5.32 Å². The molecule has 1 aromatic carbocycles. The Hall–Kier alpha value is -2.28. The van der Waals surface area contributed by atoms with E-state index < -0.39 is 18.0 Å². The minimum absolute atomic E-state index is 0.0574. The first-order valence-corrected chi connectivity index (χ1v) is 6.48. The molecule has 0 aromatic heterocycles. The van der Waals surface area contributed by atoms with Gasteiger partial charge < -0.3 is 25.0 Å². The fourth-order valence-corrected chi connectivity index (χ4v) is 1.81. The van der Waals surface area contributed by atoms with Crippen molar-refractivity contribution < 1.29 is 29.3 Å². The van der Waals surface area contributed by atoms with Crippen LogP contribution in [0.2, 0.25) is 0 Å². The molecule has 1 rings (SSSR count). The molecule has 1 atom stereocenters. The maximum Gasteiger partial charge on any atom is 0.325 e. The van der Waals surface area contributed by atoms with Crippen molar-refractivity contribution in [3.8, 4) is 11.5 Å². The second-order valence-electron chi connectivity index (χ2n) is 4.21. The zero-order chi connectivity index (χ0) is 15.8. The fraction of sp³-hybridized carbons (Fsp3) is 0.429. The van der Waals surface area contributed by atoms with Crippen LogP contribution in [0.3, 0.4) is 0 Å². The lowest BCUT2D eigenvalue weighted by Gasteiger charge is -2.16. The molecular formula is C14H19NO6. The van der Waals surface area contributed by atoms with E-state index in [-0.39, 0.29) is 13.0 Å². The number of carboxylic acids is 2. The van der Waals surface area contributed by atoms with Crippen molar-refractivity contribution in [1.29, 1.82) is 0 Å². The summed E-state index contributed by atoms with van der Waals surface area (Å²) in [6.45, 7) is 2.36. The van der Waals surface area contributed by atoms with Gasteiger partial charge in [0.1, 0.15) is 6.04 Å². The number of carboxylic acid groups (broad SMARTS) is 2. The van der Waals surface area contributed by atoms with Crippen LogP contribution in [0.25, 0.3) is 0 Å². The van der Waals surface area contributed by atoms with Gasteiger partial charge in [-0.05, 0) is 24.6 Å². The van der Waals surface area contributed by atoms with Crippen LogP contribution in [0.4, 0.5) is 0 Å². The first-order chi connectivity index (χ1) is 9.99. The number of carbonyl (C=O) groups is 2. The molecule has 0 spiro atoms. The van der Waals surface area contributed by atoms with Gasteiger partial charge in [0.2, 0.25) is 0 Å². The van der Waals surface area contributed by atoms with Gasteiger partial charge >= 0.3 is 11.9 Å². The number of benzene rings is 1. The molecule has 116 valence electrons. The van der Waals surface area contributed by atoms with E-state index >= 15 is 0 Å². The lowest BCUT2D eigenvalue weighted by atomic mass is 10.1. The maximum absolute atomic E-state index is 11.3. The van der Waals surface area contributed by atoms with Gasteiger partial charge in [0.05, 0.1) is 20.1 Å². The van der Waals surface area contributed by atoms with Gasteiger partial charge in [-0.15, -0.1) is 0 Å². The summed E-state index contributed by atoms with van der Waals surface area (Å²) in [4.78, 5) is 21.8. The van der Waals surface area contributed by atoms with E-state index in [9.17, 15) is 14.7 Å². The number of aliphatic carboxylic acids is 2. The normalized spacial score (nSPS) is 11.7. The highest BCUT2D eigenvalue weighted by Gasteiger charge is 2.21. The Labute approximate surface area is 122 Å². The van der Waals surface area contributed by atoms with Crippen LogP contribution in [0, 0.1) is 0 Å². The van der Waals surface area contributed by atoms with Crippen molar-refractivity contribution in [1.82, 2.24) is 5.32 Å². The number of rotatable bonds is 9. The molecule has 0 fully saturated rings. The first-order valence-electron chi connectivity index (χ1n) is 6.48. The zero-order valence-electron chi connectivity index (χ0n) is 12.0. The van der Waals surface area contributed by atoms with Crippen LogP contribution in [0.5, 0.6) is 11.5 Å². The highest BCUT2D eigenvalue weighted by molar-refractivity contribution is 5.76. The Morgan fingerprint density at radius 3 is 2.52 bits per heavy atom. The van der Waals surface area contributed by atoms with Crippen LogP contribution in [0.15, 0.2) is 18.2 Å². The summed E-state index contributed by atoms with van der Waals surface area (Å²) in [5.41, 5.74) is 0.466. The molecular weight excluding hydrogens is 278 g/mol. The third-order valence-electron chi connectivity index (χ3n) is 2.76. The summed E-state index contributed by atoms with van der Waals surface area (Å²) in [6, 6.07) is 3.80. The molecule has 0 aliphatic heterocycles. The molecule has 1 aromatic rings. The van der Waals surface area contributed by atoms with Gasteiger partial charge in [-0.3, -0.25) is 9.59 Å². The highest BCUT2D eigenvalue weighted by Crippen LogP contribution is 2.30. The van der Waals surface area contributed by atoms with Crippen molar-refractivity contribution >= 4 is 11.9 Å². The summed E-state index contributed by atoms with van der Waals surface area (Å²) in [7, 11) is 1.47. The maximum atomic E-state index is 11.3. The zero-order valence-corrected chi connectivity index (χ0v) is 12.0. The van der Waals surface area contributed by atoms with Crippen LogP contribution in [-0.4, -0.2) is 42.4 Å². The van der Waals surface area contributed by atoms with Crippen molar-refractivity contribution in [2.45, 2.75) is 19.4 Å². The van der Waals surface area contributed by atoms with E-state index in [0.717, 1.165) is 0 Å². The van der Waals surface area contributed by atoms with Crippen LogP contribution < -0.4 is 14.8 Å². The van der Waals surface area contributed by atoms with Gasteiger partial charge in [-0.2, -0.15) is 0 Å². The molecule has 0 saturated heterocycles. The third kappa shape index (κ3) is 4.96. The number of hydrogen-bond donors (Lipinski definition) is 3. The quantitative estimate of drug-likeness (QED) is 0.630. The molecule has 0 heterocycles. The fourth-order valence-electron chi connectivity index (χ4n) is 1.81. The van der Waals surface area contributed by atoms with E-state index in [0.29, 0.717) is 23.7 Å². The average molecular weight is 297 g/mol. The van der Waals surface area contributed by atoms with Crippen molar-refractivity contribution in [3.63, 3.8) is 0 Å². The molecule has 21 heavy (non-hydrogen) atoms. The van der Waals surface area contributed by atoms with Gasteiger partial charge in [0, 0.05) is 6.54 Å². The number of ether oxygens (including phenoxy) is 2. The molecule has 3 N–H and O–H groups in total. The lowest BCUT2D eigenvalue weighted by Crippen LogP contribution is -2.30. The van der Waals surface area contributed by atoms with Crippen LogP contribution in [-0.2, 0) is 9.59 Å². The first kappa shape index (κ1) is 16.8. The van der Waals surface area contributed by atoms with Gasteiger partial charge in [-0.25, -0.2) is 0 Å². The summed E-state index contributed by atoms with van der Waals surface area (Å²) in [5, 5.41) is 20.5. The van der Waals surface area contributed by atoms with Gasteiger partial charge in [0.25, 0.3) is 0 Å². The minimum atomic E-state index is -1.09. The Bertz CT molecular complexity index is 502. The lowest BCUT2D eigenvalue weighted by molar-refractivity contribution is -0.141. The van der Waals surface area contributed by atoms with Crippen molar-refractivity contribution in [3.05, 3.63) is 23.8 Å². The summed E-state index contributed by atoms with van der Waals surface area (Å²) < 4.78 is 10.5. The molecule has 0 radical (unpaired) electrons. The molecule has 7 nitrogen and oxygen atoms in total. The second kappa shape index (κ2) is 8.11. The standard InChI is InChI=1S/C14H19NO6/c1-3-21-10-5-4-9(8-11(10)20-2)13(14(18)19)15-7-6-12(16)17/h4-5,8,13,15H,3,6-7H2,1-2H3,(H,16,17)(H,18,19). The van der Waals surface area contributed by atoms with Gasteiger partial charge in [-0.1, -0.05) is 6.07 Å². The SMILES string of the molecule is CCOc1ccc(C(NCCC(=O)O)C(=O)O)cc1OC. The van der Waals surface area contributed by atoms with E-state index in [1.165, 1.54) is 7.11 Å². The Morgan fingerprint density at radius 1 is 1.29 bits per heavy atom. The Kier molecular flexibility index (Phi) is 6.48. The van der Waals surface area contributed by atoms with E-state index in [4.69, 9.17) is 14.6 Å². The van der Waals surface area contributed by atoms with Crippen molar-refractivity contribution in [2.75, 3.05) is 20.3 Å². The molecule has 0 amide bonds. The predicted molar refractivity (Wildman–Crippen MR) is 74.8 cm³/mol. The third-order valence-corrected chi connectivity index (χ3v) is 2.76. The Morgan fingerprint density at radius 2 is 2.00 bits per heavy atom.